The van der Waals surface area contributed by atoms with Gasteiger partial charge >= 0.3 is 0 Å². The Kier molecular flexibility index (Phi) is 5.90. The molecule has 132 valence electrons. The van der Waals surface area contributed by atoms with Gasteiger partial charge in [-0.1, -0.05) is 44.7 Å². The minimum atomic E-state index is -1.80. The summed E-state index contributed by atoms with van der Waals surface area (Å²) in [7, 11) is -1.80. The van der Waals surface area contributed by atoms with E-state index >= 15 is 0 Å². The Morgan fingerprint density at radius 2 is 1.83 bits per heavy atom. The molecular formula is C20H29FO2Si. The van der Waals surface area contributed by atoms with Gasteiger partial charge in [0.2, 0.25) is 0 Å². The van der Waals surface area contributed by atoms with Crippen molar-refractivity contribution in [2.75, 3.05) is 0 Å². The van der Waals surface area contributed by atoms with Gasteiger partial charge in [-0.2, -0.15) is 0 Å². The molecule has 1 aliphatic rings. The highest BCUT2D eigenvalue weighted by molar-refractivity contribution is 6.74. The van der Waals surface area contributed by atoms with Crippen LogP contribution in [-0.4, -0.2) is 20.5 Å². The third kappa shape index (κ3) is 4.92. The van der Waals surface area contributed by atoms with Crippen molar-refractivity contribution in [2.24, 2.45) is 0 Å². The second-order valence-electron chi connectivity index (χ2n) is 8.05. The van der Waals surface area contributed by atoms with E-state index in [-0.39, 0.29) is 29.2 Å². The second kappa shape index (κ2) is 7.39. The minimum Gasteiger partial charge on any atom is -0.404 e. The zero-order valence-corrected chi connectivity index (χ0v) is 16.7. The van der Waals surface area contributed by atoms with Crippen molar-refractivity contribution in [3.05, 3.63) is 35.6 Å². The maximum atomic E-state index is 13.0. The van der Waals surface area contributed by atoms with Gasteiger partial charge < -0.3 is 9.16 Å². The van der Waals surface area contributed by atoms with Gasteiger partial charge in [0.1, 0.15) is 18.0 Å². The normalized spacial score (nSPS) is 22.8. The fourth-order valence-electron chi connectivity index (χ4n) is 2.52. The van der Waals surface area contributed by atoms with Crippen molar-refractivity contribution in [3.63, 3.8) is 0 Å². The standard InChI is InChI=1S/C20H29FO2Si/c1-15(23-24(5,6)20(2,3)4)7-12-18-13-14-19(22-18)16-8-10-17(21)11-9-16/h8-11,15,18-19H,13-14H2,1-6H3. The Morgan fingerprint density at radius 1 is 1.21 bits per heavy atom. The van der Waals surface area contributed by atoms with Gasteiger partial charge in [0.25, 0.3) is 0 Å². The van der Waals surface area contributed by atoms with Crippen LogP contribution in [0.15, 0.2) is 24.3 Å². The maximum Gasteiger partial charge on any atom is 0.193 e. The molecule has 1 saturated heterocycles. The molecule has 0 saturated carbocycles. The summed E-state index contributed by atoms with van der Waals surface area (Å²) in [4.78, 5) is 0. The smallest absolute Gasteiger partial charge is 0.193 e. The molecule has 4 heteroatoms. The molecule has 0 radical (unpaired) electrons. The van der Waals surface area contributed by atoms with Gasteiger partial charge in [0.05, 0.1) is 6.10 Å². The summed E-state index contributed by atoms with van der Waals surface area (Å²) in [5.74, 6) is 6.21. The van der Waals surface area contributed by atoms with Gasteiger partial charge in [-0.25, -0.2) is 4.39 Å². The van der Waals surface area contributed by atoms with E-state index in [1.54, 1.807) is 12.1 Å². The van der Waals surface area contributed by atoms with Crippen LogP contribution in [0.3, 0.4) is 0 Å². The molecule has 0 N–H and O–H groups in total. The second-order valence-corrected chi connectivity index (χ2v) is 12.8. The zero-order valence-electron chi connectivity index (χ0n) is 15.7. The Labute approximate surface area is 146 Å². The van der Waals surface area contributed by atoms with Gasteiger partial charge in [-0.3, -0.25) is 0 Å². The molecular weight excluding hydrogens is 319 g/mol. The summed E-state index contributed by atoms with van der Waals surface area (Å²) >= 11 is 0. The third-order valence-electron chi connectivity index (χ3n) is 4.99. The fraction of sp³-hybridized carbons (Fsp3) is 0.600. The Bertz CT molecular complexity index is 607. The molecule has 3 atom stereocenters. The largest absolute Gasteiger partial charge is 0.404 e. The highest BCUT2D eigenvalue weighted by Crippen LogP contribution is 2.37. The van der Waals surface area contributed by atoms with Crippen molar-refractivity contribution in [1.29, 1.82) is 0 Å². The van der Waals surface area contributed by atoms with Crippen molar-refractivity contribution in [3.8, 4) is 11.8 Å². The van der Waals surface area contributed by atoms with Crippen molar-refractivity contribution >= 4 is 8.32 Å². The fourth-order valence-corrected chi connectivity index (χ4v) is 3.82. The van der Waals surface area contributed by atoms with Crippen LogP contribution in [0.2, 0.25) is 18.1 Å². The monoisotopic (exact) mass is 348 g/mol. The number of hydrogen-bond donors (Lipinski definition) is 0. The van der Waals surface area contributed by atoms with Crippen molar-refractivity contribution in [2.45, 2.75) is 77.0 Å². The third-order valence-corrected chi connectivity index (χ3v) is 9.54. The lowest BCUT2D eigenvalue weighted by molar-refractivity contribution is 0.0758. The molecule has 0 aromatic heterocycles. The molecule has 1 aromatic carbocycles. The van der Waals surface area contributed by atoms with Gasteiger partial charge in [0.15, 0.2) is 8.32 Å². The Morgan fingerprint density at radius 3 is 2.42 bits per heavy atom. The topological polar surface area (TPSA) is 18.5 Å². The SMILES string of the molecule is CC(C#CC1CCC(c2ccc(F)cc2)O1)O[Si](C)(C)C(C)(C)C. The summed E-state index contributed by atoms with van der Waals surface area (Å²) in [5, 5.41) is 0.181. The van der Waals surface area contributed by atoms with Gasteiger partial charge in [-0.15, -0.1) is 0 Å². The number of ether oxygens (including phenoxy) is 1. The number of hydrogen-bond acceptors (Lipinski definition) is 2. The first kappa shape index (κ1) is 19.2. The highest BCUT2D eigenvalue weighted by Gasteiger charge is 2.38. The summed E-state index contributed by atoms with van der Waals surface area (Å²) < 4.78 is 25.3. The van der Waals surface area contributed by atoms with Crippen LogP contribution < -0.4 is 0 Å². The lowest BCUT2D eigenvalue weighted by atomic mass is 10.1. The van der Waals surface area contributed by atoms with E-state index in [9.17, 15) is 4.39 Å². The van der Waals surface area contributed by atoms with Gasteiger partial charge in [-0.05, 0) is 55.6 Å². The van der Waals surface area contributed by atoms with E-state index in [2.05, 4.69) is 45.7 Å². The van der Waals surface area contributed by atoms with Crippen LogP contribution >= 0.6 is 0 Å². The van der Waals surface area contributed by atoms with E-state index in [0.717, 1.165) is 18.4 Å². The number of benzene rings is 1. The van der Waals surface area contributed by atoms with E-state index in [4.69, 9.17) is 9.16 Å². The molecule has 2 rings (SSSR count). The molecule has 3 unspecified atom stereocenters. The maximum absolute atomic E-state index is 13.0. The van der Waals surface area contributed by atoms with Crippen LogP contribution in [0.1, 0.15) is 52.2 Å². The van der Waals surface area contributed by atoms with Crippen LogP contribution in [0.5, 0.6) is 0 Å². The van der Waals surface area contributed by atoms with Crippen LogP contribution in [-0.2, 0) is 9.16 Å². The number of halogens is 1. The summed E-state index contributed by atoms with van der Waals surface area (Å²) in [5.41, 5.74) is 1.02. The van der Waals surface area contributed by atoms with E-state index in [1.165, 1.54) is 12.1 Å². The molecule has 1 heterocycles. The molecule has 0 aliphatic carbocycles. The molecule has 1 fully saturated rings. The number of rotatable bonds is 3. The van der Waals surface area contributed by atoms with Crippen LogP contribution in [0.25, 0.3) is 0 Å². The summed E-state index contributed by atoms with van der Waals surface area (Å²) in [6.07, 6.45) is 1.69. The molecule has 0 bridgehead atoms. The zero-order chi connectivity index (χ0) is 18.0. The molecule has 24 heavy (non-hydrogen) atoms. The van der Waals surface area contributed by atoms with Crippen molar-refractivity contribution < 1.29 is 13.6 Å². The van der Waals surface area contributed by atoms with E-state index in [1.807, 2.05) is 6.92 Å². The predicted molar refractivity (Wildman–Crippen MR) is 98.8 cm³/mol. The van der Waals surface area contributed by atoms with Crippen LogP contribution in [0, 0.1) is 17.7 Å². The Hall–Kier alpha value is -1.15. The van der Waals surface area contributed by atoms with E-state index < -0.39 is 8.32 Å². The van der Waals surface area contributed by atoms with Crippen LogP contribution in [0.4, 0.5) is 4.39 Å². The first-order valence-corrected chi connectivity index (χ1v) is 11.6. The minimum absolute atomic E-state index is 0.0153. The molecule has 2 nitrogen and oxygen atoms in total. The van der Waals surface area contributed by atoms with E-state index in [0.29, 0.717) is 0 Å². The molecule has 1 aromatic rings. The lowest BCUT2D eigenvalue weighted by Gasteiger charge is -2.37. The Balaban J connectivity index is 1.91. The summed E-state index contributed by atoms with van der Waals surface area (Å²) in [6.45, 7) is 13.2. The first-order chi connectivity index (χ1) is 11.1. The highest BCUT2D eigenvalue weighted by atomic mass is 28.4. The average molecular weight is 349 g/mol. The molecule has 1 aliphatic heterocycles. The summed E-state index contributed by atoms with van der Waals surface area (Å²) in [6, 6.07) is 6.54. The quantitative estimate of drug-likeness (QED) is 0.533. The lowest BCUT2D eigenvalue weighted by Crippen LogP contribution is -2.43. The molecule has 0 amide bonds. The molecule has 0 spiro atoms. The predicted octanol–water partition coefficient (Wildman–Crippen LogP) is 5.46. The van der Waals surface area contributed by atoms with Gasteiger partial charge in [0, 0.05) is 0 Å². The van der Waals surface area contributed by atoms with Crippen molar-refractivity contribution in [1.82, 2.24) is 0 Å². The average Bonchev–Trinajstić information content (AvgIpc) is 2.93. The first-order valence-electron chi connectivity index (χ1n) is 8.68.